The van der Waals surface area contributed by atoms with E-state index in [1.165, 1.54) is 12.1 Å². The van der Waals surface area contributed by atoms with Crippen LogP contribution >= 0.6 is 22.6 Å². The van der Waals surface area contributed by atoms with E-state index < -0.39 is 17.7 Å². The SMILES string of the molecule is CCCNc1cc(C(F)(F)F)nc2c(I)cc(F)cc12. The number of pyridine rings is 1. The van der Waals surface area contributed by atoms with E-state index in [0.29, 0.717) is 15.5 Å². The molecule has 0 unspecified atom stereocenters. The average Bonchev–Trinajstić information content (AvgIpc) is 2.34. The summed E-state index contributed by atoms with van der Waals surface area (Å²) < 4.78 is 52.4. The van der Waals surface area contributed by atoms with Crippen LogP contribution in [0.4, 0.5) is 23.2 Å². The number of aromatic nitrogens is 1. The highest BCUT2D eigenvalue weighted by Crippen LogP contribution is 2.34. The first-order chi connectivity index (χ1) is 9.32. The molecule has 0 radical (unpaired) electrons. The van der Waals surface area contributed by atoms with Crippen LogP contribution in [0.5, 0.6) is 0 Å². The van der Waals surface area contributed by atoms with E-state index in [-0.39, 0.29) is 11.2 Å². The van der Waals surface area contributed by atoms with Crippen molar-refractivity contribution in [1.82, 2.24) is 4.98 Å². The number of hydrogen-bond acceptors (Lipinski definition) is 2. The summed E-state index contributed by atoms with van der Waals surface area (Å²) in [5, 5.41) is 3.25. The van der Waals surface area contributed by atoms with Crippen molar-refractivity contribution in [3.63, 3.8) is 0 Å². The molecule has 20 heavy (non-hydrogen) atoms. The van der Waals surface area contributed by atoms with Gasteiger partial charge < -0.3 is 5.32 Å². The van der Waals surface area contributed by atoms with Crippen molar-refractivity contribution in [1.29, 1.82) is 0 Å². The minimum Gasteiger partial charge on any atom is -0.384 e. The zero-order chi connectivity index (χ0) is 14.9. The van der Waals surface area contributed by atoms with Crippen LogP contribution in [0.15, 0.2) is 18.2 Å². The number of alkyl halides is 3. The number of halogens is 5. The summed E-state index contributed by atoms with van der Waals surface area (Å²) in [6, 6.07) is 3.29. The normalized spacial score (nSPS) is 11.9. The summed E-state index contributed by atoms with van der Waals surface area (Å²) in [6.45, 7) is 2.40. The molecule has 2 nitrogen and oxygen atoms in total. The van der Waals surface area contributed by atoms with Crippen LogP contribution in [0.1, 0.15) is 19.0 Å². The second-order valence-electron chi connectivity index (χ2n) is 4.26. The van der Waals surface area contributed by atoms with Gasteiger partial charge in [-0.05, 0) is 47.2 Å². The number of hydrogen-bond donors (Lipinski definition) is 1. The highest BCUT2D eigenvalue weighted by Gasteiger charge is 2.33. The van der Waals surface area contributed by atoms with Crippen molar-refractivity contribution in [3.8, 4) is 0 Å². The molecule has 1 N–H and O–H groups in total. The van der Waals surface area contributed by atoms with Crippen LogP contribution in [0.25, 0.3) is 10.9 Å². The van der Waals surface area contributed by atoms with E-state index in [9.17, 15) is 17.6 Å². The molecular formula is C13H11F4IN2. The molecule has 0 atom stereocenters. The van der Waals surface area contributed by atoms with Gasteiger partial charge in [-0.2, -0.15) is 13.2 Å². The molecule has 1 aromatic heterocycles. The second-order valence-corrected chi connectivity index (χ2v) is 5.43. The molecule has 0 aliphatic carbocycles. The Balaban J connectivity index is 2.71. The second kappa shape index (κ2) is 5.71. The van der Waals surface area contributed by atoms with E-state index in [4.69, 9.17) is 0 Å². The molecule has 0 saturated carbocycles. The Morgan fingerprint density at radius 2 is 1.95 bits per heavy atom. The zero-order valence-electron chi connectivity index (χ0n) is 10.5. The summed E-state index contributed by atoms with van der Waals surface area (Å²) >= 11 is 1.79. The van der Waals surface area contributed by atoms with Crippen LogP contribution in [-0.4, -0.2) is 11.5 Å². The van der Waals surface area contributed by atoms with Gasteiger partial charge in [0.1, 0.15) is 11.5 Å². The van der Waals surface area contributed by atoms with Crippen LogP contribution in [-0.2, 0) is 6.18 Å². The summed E-state index contributed by atoms with van der Waals surface area (Å²) in [5.41, 5.74) is -0.574. The minimum absolute atomic E-state index is 0.153. The number of fused-ring (bicyclic) bond motifs is 1. The highest BCUT2D eigenvalue weighted by atomic mass is 127. The molecule has 2 rings (SSSR count). The molecule has 2 aromatic rings. The first-order valence-corrected chi connectivity index (χ1v) is 7.01. The average molecular weight is 398 g/mol. The van der Waals surface area contributed by atoms with Crippen molar-refractivity contribution in [2.45, 2.75) is 19.5 Å². The van der Waals surface area contributed by atoms with Crippen LogP contribution in [0, 0.1) is 9.39 Å². The lowest BCUT2D eigenvalue weighted by molar-refractivity contribution is -0.140. The number of nitrogens with one attached hydrogen (secondary N) is 1. The fourth-order valence-electron chi connectivity index (χ4n) is 1.80. The fraction of sp³-hybridized carbons (Fsp3) is 0.308. The third kappa shape index (κ3) is 3.13. The molecular weight excluding hydrogens is 387 g/mol. The standard InChI is InChI=1S/C13H11F4IN2/c1-2-3-19-10-6-11(13(15,16)17)20-12-8(10)4-7(14)5-9(12)18/h4-6H,2-3H2,1H3,(H,19,20). The number of anilines is 1. The van der Waals surface area contributed by atoms with Crippen molar-refractivity contribution in [3.05, 3.63) is 33.3 Å². The van der Waals surface area contributed by atoms with Crippen LogP contribution < -0.4 is 5.32 Å². The Labute approximate surface area is 126 Å². The molecule has 0 amide bonds. The quantitative estimate of drug-likeness (QED) is 0.593. The Kier molecular flexibility index (Phi) is 4.36. The summed E-state index contributed by atoms with van der Waals surface area (Å²) in [4.78, 5) is 3.62. The molecule has 1 aromatic carbocycles. The first kappa shape index (κ1) is 15.3. The molecule has 7 heteroatoms. The summed E-state index contributed by atoms with van der Waals surface area (Å²) in [7, 11) is 0. The minimum atomic E-state index is -4.53. The molecule has 0 fully saturated rings. The van der Waals surface area contributed by atoms with E-state index in [1.807, 2.05) is 6.92 Å². The van der Waals surface area contributed by atoms with E-state index >= 15 is 0 Å². The molecule has 1 heterocycles. The summed E-state index contributed by atoms with van der Waals surface area (Å²) in [6.07, 6.45) is -3.79. The first-order valence-electron chi connectivity index (χ1n) is 5.93. The van der Waals surface area contributed by atoms with Gasteiger partial charge in [0, 0.05) is 21.2 Å². The van der Waals surface area contributed by atoms with Crippen molar-refractivity contribution in [2.24, 2.45) is 0 Å². The maximum absolute atomic E-state index is 13.5. The van der Waals surface area contributed by atoms with Crippen molar-refractivity contribution in [2.75, 3.05) is 11.9 Å². The van der Waals surface area contributed by atoms with Gasteiger partial charge in [0.25, 0.3) is 0 Å². The number of rotatable bonds is 3. The van der Waals surface area contributed by atoms with Gasteiger partial charge in [-0.1, -0.05) is 6.92 Å². The smallest absolute Gasteiger partial charge is 0.384 e. The Bertz CT molecular complexity index is 640. The largest absolute Gasteiger partial charge is 0.433 e. The van der Waals surface area contributed by atoms with Gasteiger partial charge in [-0.3, -0.25) is 0 Å². The highest BCUT2D eigenvalue weighted by molar-refractivity contribution is 14.1. The molecule has 0 aliphatic heterocycles. The van der Waals surface area contributed by atoms with Crippen LogP contribution in [0.3, 0.4) is 0 Å². The topological polar surface area (TPSA) is 24.9 Å². The Hall–Kier alpha value is -1.12. The number of benzene rings is 1. The Morgan fingerprint density at radius 1 is 1.25 bits per heavy atom. The van der Waals surface area contributed by atoms with Gasteiger partial charge >= 0.3 is 6.18 Å². The molecule has 108 valence electrons. The molecule has 0 saturated heterocycles. The van der Waals surface area contributed by atoms with Gasteiger partial charge in [-0.25, -0.2) is 9.37 Å². The van der Waals surface area contributed by atoms with E-state index in [2.05, 4.69) is 10.3 Å². The third-order valence-electron chi connectivity index (χ3n) is 2.69. The monoisotopic (exact) mass is 398 g/mol. The van der Waals surface area contributed by atoms with Crippen molar-refractivity contribution < 1.29 is 17.6 Å². The lowest BCUT2D eigenvalue weighted by atomic mass is 10.1. The third-order valence-corrected chi connectivity index (χ3v) is 3.51. The van der Waals surface area contributed by atoms with Crippen LogP contribution in [0.2, 0.25) is 0 Å². The van der Waals surface area contributed by atoms with Gasteiger partial charge in [0.2, 0.25) is 0 Å². The lowest BCUT2D eigenvalue weighted by Crippen LogP contribution is -2.11. The predicted molar refractivity (Wildman–Crippen MR) is 78.2 cm³/mol. The van der Waals surface area contributed by atoms with Crippen molar-refractivity contribution >= 4 is 39.2 Å². The maximum atomic E-state index is 13.5. The van der Waals surface area contributed by atoms with Gasteiger partial charge in [0.15, 0.2) is 0 Å². The fourth-order valence-corrected chi connectivity index (χ4v) is 2.51. The summed E-state index contributed by atoms with van der Waals surface area (Å²) in [5.74, 6) is -0.497. The predicted octanol–water partition coefficient (Wildman–Crippen LogP) is 4.82. The maximum Gasteiger partial charge on any atom is 0.433 e. The molecule has 0 aliphatic rings. The Morgan fingerprint density at radius 3 is 2.55 bits per heavy atom. The molecule has 0 spiro atoms. The van der Waals surface area contributed by atoms with Gasteiger partial charge in [0.05, 0.1) is 5.52 Å². The lowest BCUT2D eigenvalue weighted by Gasteiger charge is -2.14. The van der Waals surface area contributed by atoms with E-state index in [1.54, 1.807) is 22.6 Å². The van der Waals surface area contributed by atoms with Gasteiger partial charge in [-0.15, -0.1) is 0 Å². The molecule has 0 bridgehead atoms. The number of nitrogens with zero attached hydrogens (tertiary/aromatic N) is 1. The zero-order valence-corrected chi connectivity index (χ0v) is 12.6. The van der Waals surface area contributed by atoms with E-state index in [0.717, 1.165) is 12.5 Å².